The summed E-state index contributed by atoms with van der Waals surface area (Å²) in [5.74, 6) is 2.31. The lowest BCUT2D eigenvalue weighted by atomic mass is 9.93. The van der Waals surface area contributed by atoms with Gasteiger partial charge in [-0.2, -0.15) is 11.8 Å². The molecule has 0 spiro atoms. The number of nitrogens with one attached hydrogen (secondary N) is 2. The van der Waals surface area contributed by atoms with Gasteiger partial charge in [0.15, 0.2) is 0 Å². The zero-order valence-corrected chi connectivity index (χ0v) is 15.3. The molecule has 0 saturated carbocycles. The van der Waals surface area contributed by atoms with Crippen molar-refractivity contribution in [1.29, 1.82) is 0 Å². The molecule has 0 bridgehead atoms. The highest BCUT2D eigenvalue weighted by molar-refractivity contribution is 7.99. The topological polar surface area (TPSA) is 61.4 Å². The fraction of sp³-hybridized carbons (Fsp3) is 0.611. The van der Waals surface area contributed by atoms with E-state index in [0.717, 1.165) is 29.0 Å². The minimum absolute atomic E-state index is 0.245. The first kappa shape index (κ1) is 18.1. The fourth-order valence-electron chi connectivity index (χ4n) is 2.83. The number of carbonyl (C=O) groups excluding carboxylic acids is 1. The van der Waals surface area contributed by atoms with Gasteiger partial charge in [-0.1, -0.05) is 45.9 Å². The molecule has 1 unspecified atom stereocenters. The van der Waals surface area contributed by atoms with Crippen LogP contribution >= 0.6 is 11.8 Å². The monoisotopic (exact) mass is 336 g/mol. The van der Waals surface area contributed by atoms with Crippen molar-refractivity contribution in [2.45, 2.75) is 51.6 Å². The third kappa shape index (κ3) is 4.64. The average Bonchev–Trinajstić information content (AvgIpc) is 2.92. The van der Waals surface area contributed by atoms with Gasteiger partial charge >= 0.3 is 6.03 Å². The molecule has 1 aromatic carbocycles. The number of carbonyl (C=O) groups is 1. The van der Waals surface area contributed by atoms with Crippen LogP contribution in [0.1, 0.15) is 57.1 Å². The molecule has 2 rings (SSSR count). The lowest BCUT2D eigenvalue weighted by molar-refractivity contribution is 0.0706. The maximum Gasteiger partial charge on any atom is 0.319 e. The Labute approximate surface area is 143 Å². The van der Waals surface area contributed by atoms with Gasteiger partial charge < -0.3 is 15.7 Å². The largest absolute Gasteiger partial charge is 0.387 e. The first-order valence-electron chi connectivity index (χ1n) is 8.30. The van der Waals surface area contributed by atoms with Gasteiger partial charge in [-0.3, -0.25) is 0 Å². The Morgan fingerprint density at radius 1 is 1.26 bits per heavy atom. The van der Waals surface area contributed by atoms with Crippen LogP contribution in [0.4, 0.5) is 10.5 Å². The molecular formula is C18H28N2O2S. The predicted octanol–water partition coefficient (Wildman–Crippen LogP) is 3.92. The Kier molecular flexibility index (Phi) is 5.98. The normalized spacial score (nSPS) is 21.0. The van der Waals surface area contributed by atoms with E-state index in [4.69, 9.17) is 0 Å². The van der Waals surface area contributed by atoms with Gasteiger partial charge in [0.2, 0.25) is 0 Å². The molecule has 3 N–H and O–H groups in total. The summed E-state index contributed by atoms with van der Waals surface area (Å²) in [6, 6.07) is 5.93. The third-order valence-corrected chi connectivity index (χ3v) is 5.51. The van der Waals surface area contributed by atoms with E-state index in [1.165, 1.54) is 0 Å². The Balaban J connectivity index is 2.10. The van der Waals surface area contributed by atoms with Gasteiger partial charge in [-0.15, -0.1) is 0 Å². The van der Waals surface area contributed by atoms with Crippen molar-refractivity contribution in [3.8, 4) is 0 Å². The van der Waals surface area contributed by atoms with E-state index >= 15 is 0 Å². The number of aliphatic hydroxyl groups is 1. The number of thioether (sulfide) groups is 1. The molecule has 1 aliphatic heterocycles. The SMILES string of the molecule is CC(C)c1cccc(C(C)C)c1NC(=O)NCC1(O)CCSC1. The number of hydrogen-bond donors (Lipinski definition) is 3. The van der Waals surface area contributed by atoms with E-state index in [2.05, 4.69) is 50.5 Å². The molecule has 0 aliphatic carbocycles. The van der Waals surface area contributed by atoms with Crippen molar-refractivity contribution < 1.29 is 9.90 Å². The fourth-order valence-corrected chi connectivity index (χ4v) is 4.13. The molecule has 0 radical (unpaired) electrons. The van der Waals surface area contributed by atoms with Crippen LogP contribution in [0.2, 0.25) is 0 Å². The second-order valence-electron chi connectivity index (χ2n) is 6.96. The average molecular weight is 337 g/mol. The maximum atomic E-state index is 12.3. The Morgan fingerprint density at radius 3 is 2.35 bits per heavy atom. The number of benzene rings is 1. The molecule has 1 heterocycles. The third-order valence-electron chi connectivity index (χ3n) is 4.27. The van der Waals surface area contributed by atoms with Gasteiger partial charge in [0, 0.05) is 18.0 Å². The lowest BCUT2D eigenvalue weighted by Gasteiger charge is -2.23. The minimum Gasteiger partial charge on any atom is -0.387 e. The molecule has 1 atom stereocenters. The summed E-state index contributed by atoms with van der Waals surface area (Å²) >= 11 is 1.73. The van der Waals surface area contributed by atoms with E-state index in [-0.39, 0.29) is 6.03 Å². The minimum atomic E-state index is -0.763. The van der Waals surface area contributed by atoms with Crippen molar-refractivity contribution in [1.82, 2.24) is 5.32 Å². The number of para-hydroxylation sites is 1. The molecular weight excluding hydrogens is 308 g/mol. The van der Waals surface area contributed by atoms with E-state index in [1.54, 1.807) is 11.8 Å². The highest BCUT2D eigenvalue weighted by Gasteiger charge is 2.32. The molecule has 1 aromatic rings. The second-order valence-corrected chi connectivity index (χ2v) is 8.06. The first-order chi connectivity index (χ1) is 10.8. The van der Waals surface area contributed by atoms with Gasteiger partial charge in [-0.25, -0.2) is 4.79 Å². The molecule has 1 aliphatic rings. The van der Waals surface area contributed by atoms with Crippen molar-refractivity contribution in [3.05, 3.63) is 29.3 Å². The van der Waals surface area contributed by atoms with Crippen molar-refractivity contribution in [2.24, 2.45) is 0 Å². The summed E-state index contributed by atoms with van der Waals surface area (Å²) in [5.41, 5.74) is 2.42. The highest BCUT2D eigenvalue weighted by Crippen LogP contribution is 2.32. The summed E-state index contributed by atoms with van der Waals surface area (Å²) in [4.78, 5) is 12.3. The number of anilines is 1. The standard InChI is InChI=1S/C18H28N2O2S/c1-12(2)14-6-5-7-15(13(3)4)16(14)20-17(21)19-10-18(22)8-9-23-11-18/h5-7,12-13,22H,8-11H2,1-4H3,(H2,19,20,21). The highest BCUT2D eigenvalue weighted by atomic mass is 32.2. The molecule has 5 heteroatoms. The van der Waals surface area contributed by atoms with E-state index < -0.39 is 5.60 Å². The van der Waals surface area contributed by atoms with Crippen LogP contribution in [-0.2, 0) is 0 Å². The summed E-state index contributed by atoms with van der Waals surface area (Å²) in [6.07, 6.45) is 0.734. The molecule has 4 nitrogen and oxygen atoms in total. The summed E-state index contributed by atoms with van der Waals surface area (Å²) in [6.45, 7) is 8.80. The zero-order chi connectivity index (χ0) is 17.0. The van der Waals surface area contributed by atoms with Crippen LogP contribution < -0.4 is 10.6 Å². The van der Waals surface area contributed by atoms with Crippen LogP contribution in [0, 0.1) is 0 Å². The summed E-state index contributed by atoms with van der Waals surface area (Å²) in [7, 11) is 0. The van der Waals surface area contributed by atoms with E-state index in [1.807, 2.05) is 6.07 Å². The molecule has 23 heavy (non-hydrogen) atoms. The van der Waals surface area contributed by atoms with Crippen LogP contribution in [0.3, 0.4) is 0 Å². The predicted molar refractivity (Wildman–Crippen MR) is 98.5 cm³/mol. The second kappa shape index (κ2) is 7.58. The van der Waals surface area contributed by atoms with Crippen LogP contribution in [0.5, 0.6) is 0 Å². The number of rotatable bonds is 5. The summed E-state index contributed by atoms with van der Waals surface area (Å²) in [5, 5.41) is 16.2. The van der Waals surface area contributed by atoms with Gasteiger partial charge in [0.25, 0.3) is 0 Å². The Bertz CT molecular complexity index is 526. The molecule has 2 amide bonds. The Morgan fingerprint density at radius 2 is 1.87 bits per heavy atom. The zero-order valence-electron chi connectivity index (χ0n) is 14.5. The quantitative estimate of drug-likeness (QED) is 0.763. The molecule has 1 saturated heterocycles. The van der Waals surface area contributed by atoms with Gasteiger partial charge in [-0.05, 0) is 35.1 Å². The smallest absolute Gasteiger partial charge is 0.319 e. The number of urea groups is 1. The first-order valence-corrected chi connectivity index (χ1v) is 9.45. The van der Waals surface area contributed by atoms with Gasteiger partial charge in [0.1, 0.15) is 0 Å². The number of amides is 2. The molecule has 128 valence electrons. The van der Waals surface area contributed by atoms with Crippen molar-refractivity contribution >= 4 is 23.5 Å². The molecule has 1 fully saturated rings. The van der Waals surface area contributed by atoms with E-state index in [9.17, 15) is 9.90 Å². The Hall–Kier alpha value is -1.20. The van der Waals surface area contributed by atoms with Crippen LogP contribution in [0.15, 0.2) is 18.2 Å². The lowest BCUT2D eigenvalue weighted by Crippen LogP contribution is -2.44. The number of hydrogen-bond acceptors (Lipinski definition) is 3. The van der Waals surface area contributed by atoms with Crippen LogP contribution in [0.25, 0.3) is 0 Å². The van der Waals surface area contributed by atoms with Crippen molar-refractivity contribution in [3.63, 3.8) is 0 Å². The summed E-state index contributed by atoms with van der Waals surface area (Å²) < 4.78 is 0. The maximum absolute atomic E-state index is 12.3. The molecule has 0 aromatic heterocycles. The van der Waals surface area contributed by atoms with Gasteiger partial charge in [0.05, 0.1) is 5.60 Å². The van der Waals surface area contributed by atoms with Crippen molar-refractivity contribution in [2.75, 3.05) is 23.4 Å². The van der Waals surface area contributed by atoms with Crippen LogP contribution in [-0.4, -0.2) is 34.8 Å². The van der Waals surface area contributed by atoms with E-state index in [0.29, 0.717) is 24.1 Å².